The number of anilines is 1. The highest BCUT2D eigenvalue weighted by atomic mass is 32.1. The van der Waals surface area contributed by atoms with E-state index in [1.165, 1.54) is 11.1 Å². The molecule has 1 N–H and O–H groups in total. The number of rotatable bonds is 2. The minimum absolute atomic E-state index is 0.356. The minimum Gasteiger partial charge on any atom is -0.372 e. The topological polar surface area (TPSA) is 37.8 Å². The van der Waals surface area contributed by atoms with E-state index in [-0.39, 0.29) is 0 Å². The van der Waals surface area contributed by atoms with Gasteiger partial charge in [0.05, 0.1) is 5.39 Å². The van der Waals surface area contributed by atoms with Gasteiger partial charge in [-0.15, -0.1) is 11.3 Å². The van der Waals surface area contributed by atoms with Crippen molar-refractivity contribution in [2.75, 3.05) is 12.4 Å². The van der Waals surface area contributed by atoms with Crippen LogP contribution in [0.2, 0.25) is 0 Å². The number of thiophene rings is 1. The van der Waals surface area contributed by atoms with E-state index in [0.717, 1.165) is 28.3 Å². The maximum Gasteiger partial charge on any atom is 0.140 e. The quantitative estimate of drug-likeness (QED) is 0.773. The number of hydrogen-bond acceptors (Lipinski definition) is 4. The molecule has 0 fully saturated rings. The number of aromatic nitrogens is 2. The van der Waals surface area contributed by atoms with Crippen LogP contribution in [0.15, 0.2) is 35.7 Å². The average molecular weight is 267 g/mol. The molecule has 1 aliphatic rings. The summed E-state index contributed by atoms with van der Waals surface area (Å²) in [7, 11) is 1.91. The van der Waals surface area contributed by atoms with Crippen LogP contribution in [0.4, 0.5) is 5.82 Å². The second-order valence-electron chi connectivity index (χ2n) is 4.78. The Morgan fingerprint density at radius 2 is 2.11 bits per heavy atom. The molecule has 2 heterocycles. The summed E-state index contributed by atoms with van der Waals surface area (Å²) in [6.45, 7) is 0. The van der Waals surface area contributed by atoms with E-state index in [1.807, 2.05) is 7.05 Å². The number of fused-ring (bicyclic) bond motifs is 2. The lowest BCUT2D eigenvalue weighted by Crippen LogP contribution is -2.20. The molecule has 19 heavy (non-hydrogen) atoms. The molecule has 0 radical (unpaired) electrons. The molecule has 0 aliphatic heterocycles. The molecule has 1 atom stereocenters. The van der Waals surface area contributed by atoms with Crippen LogP contribution in [-0.2, 0) is 6.42 Å². The van der Waals surface area contributed by atoms with Crippen molar-refractivity contribution in [3.63, 3.8) is 0 Å². The summed E-state index contributed by atoms with van der Waals surface area (Å²) in [6.07, 6.45) is 1.05. The fraction of sp³-hybridized carbons (Fsp3) is 0.200. The number of nitrogens with zero attached hydrogens (tertiary/aromatic N) is 2. The fourth-order valence-electron chi connectivity index (χ4n) is 2.71. The summed E-state index contributed by atoms with van der Waals surface area (Å²) in [5, 5.41) is 6.36. The van der Waals surface area contributed by atoms with Crippen molar-refractivity contribution >= 4 is 27.4 Å². The zero-order chi connectivity index (χ0) is 12.8. The zero-order valence-electron chi connectivity index (χ0n) is 10.6. The van der Waals surface area contributed by atoms with Crippen molar-refractivity contribution in [3.05, 3.63) is 52.7 Å². The van der Waals surface area contributed by atoms with Crippen LogP contribution in [0.3, 0.4) is 0 Å². The van der Waals surface area contributed by atoms with Crippen LogP contribution in [-0.4, -0.2) is 17.0 Å². The Balaban J connectivity index is 1.85. The van der Waals surface area contributed by atoms with Crippen molar-refractivity contribution in [2.24, 2.45) is 0 Å². The van der Waals surface area contributed by atoms with Gasteiger partial charge in [0.1, 0.15) is 16.5 Å². The van der Waals surface area contributed by atoms with Crippen molar-refractivity contribution < 1.29 is 0 Å². The summed E-state index contributed by atoms with van der Waals surface area (Å²) >= 11 is 1.67. The molecule has 0 saturated heterocycles. The molecule has 0 spiro atoms. The van der Waals surface area contributed by atoms with Gasteiger partial charge in [-0.1, -0.05) is 24.3 Å². The Morgan fingerprint density at radius 1 is 1.21 bits per heavy atom. The van der Waals surface area contributed by atoms with E-state index in [4.69, 9.17) is 9.97 Å². The molecule has 0 saturated carbocycles. The standard InChI is InChI=1S/C15H13N3S/c1-16-13-11-6-7-19-15(11)18-14(17-13)12-8-9-4-2-3-5-10(9)12/h2-7,12H,8H2,1H3,(H,16,17,18). The minimum atomic E-state index is 0.356. The van der Waals surface area contributed by atoms with Gasteiger partial charge in [-0.05, 0) is 29.0 Å². The first kappa shape index (κ1) is 10.9. The molecule has 0 bridgehead atoms. The summed E-state index contributed by atoms with van der Waals surface area (Å²) in [4.78, 5) is 10.5. The highest BCUT2D eigenvalue weighted by Crippen LogP contribution is 2.39. The Labute approximate surface area is 115 Å². The zero-order valence-corrected chi connectivity index (χ0v) is 11.4. The number of benzene rings is 1. The van der Waals surface area contributed by atoms with Crippen LogP contribution in [0.25, 0.3) is 10.2 Å². The Kier molecular flexibility index (Phi) is 2.32. The lowest BCUT2D eigenvalue weighted by molar-refractivity contribution is 0.665. The second kappa shape index (κ2) is 4.03. The third kappa shape index (κ3) is 1.56. The summed E-state index contributed by atoms with van der Waals surface area (Å²) in [5.74, 6) is 2.23. The molecule has 0 amide bonds. The predicted octanol–water partition coefficient (Wildman–Crippen LogP) is 3.42. The summed E-state index contributed by atoms with van der Waals surface area (Å²) < 4.78 is 0. The molecule has 1 unspecified atom stereocenters. The van der Waals surface area contributed by atoms with Gasteiger partial charge in [0.25, 0.3) is 0 Å². The maximum atomic E-state index is 4.73. The molecule has 3 nitrogen and oxygen atoms in total. The SMILES string of the molecule is CNc1nc(C2Cc3ccccc32)nc2sccc12. The third-order valence-electron chi connectivity index (χ3n) is 3.75. The molecule has 1 aliphatic carbocycles. The maximum absolute atomic E-state index is 4.73. The monoisotopic (exact) mass is 267 g/mol. The lowest BCUT2D eigenvalue weighted by Gasteiger charge is -2.28. The number of hydrogen-bond donors (Lipinski definition) is 1. The normalized spacial score (nSPS) is 17.0. The van der Waals surface area contributed by atoms with E-state index < -0.39 is 0 Å². The van der Waals surface area contributed by atoms with E-state index >= 15 is 0 Å². The lowest BCUT2D eigenvalue weighted by atomic mass is 9.77. The van der Waals surface area contributed by atoms with Crippen LogP contribution >= 0.6 is 11.3 Å². The van der Waals surface area contributed by atoms with Crippen LogP contribution in [0.5, 0.6) is 0 Å². The largest absolute Gasteiger partial charge is 0.372 e. The second-order valence-corrected chi connectivity index (χ2v) is 5.67. The van der Waals surface area contributed by atoms with Gasteiger partial charge < -0.3 is 5.32 Å². The van der Waals surface area contributed by atoms with Gasteiger partial charge in [-0.25, -0.2) is 9.97 Å². The van der Waals surface area contributed by atoms with Gasteiger partial charge in [-0.3, -0.25) is 0 Å². The van der Waals surface area contributed by atoms with Crippen molar-refractivity contribution in [2.45, 2.75) is 12.3 Å². The molecule has 3 aromatic rings. The first-order valence-electron chi connectivity index (χ1n) is 6.37. The van der Waals surface area contributed by atoms with Gasteiger partial charge in [0.2, 0.25) is 0 Å². The molecule has 1 aromatic carbocycles. The van der Waals surface area contributed by atoms with Gasteiger partial charge in [0.15, 0.2) is 0 Å². The molecule has 4 rings (SSSR count). The summed E-state index contributed by atoms with van der Waals surface area (Å²) in [6, 6.07) is 10.6. The predicted molar refractivity (Wildman–Crippen MR) is 79.0 cm³/mol. The molecule has 2 aromatic heterocycles. The molecule has 94 valence electrons. The van der Waals surface area contributed by atoms with Crippen molar-refractivity contribution in [3.8, 4) is 0 Å². The van der Waals surface area contributed by atoms with Crippen LogP contribution in [0.1, 0.15) is 22.9 Å². The average Bonchev–Trinajstić information content (AvgIpc) is 2.87. The molecular formula is C15H13N3S. The van der Waals surface area contributed by atoms with Crippen LogP contribution in [0, 0.1) is 0 Å². The van der Waals surface area contributed by atoms with E-state index in [9.17, 15) is 0 Å². The Hall–Kier alpha value is -1.94. The van der Waals surface area contributed by atoms with Gasteiger partial charge >= 0.3 is 0 Å². The fourth-order valence-corrected chi connectivity index (χ4v) is 3.48. The third-order valence-corrected chi connectivity index (χ3v) is 4.55. The van der Waals surface area contributed by atoms with E-state index in [0.29, 0.717) is 5.92 Å². The first-order valence-corrected chi connectivity index (χ1v) is 7.25. The first-order chi connectivity index (χ1) is 9.36. The Morgan fingerprint density at radius 3 is 2.95 bits per heavy atom. The van der Waals surface area contributed by atoms with Crippen molar-refractivity contribution in [1.82, 2.24) is 9.97 Å². The smallest absolute Gasteiger partial charge is 0.140 e. The molecular weight excluding hydrogens is 254 g/mol. The summed E-state index contributed by atoms with van der Waals surface area (Å²) in [5.41, 5.74) is 2.80. The number of nitrogens with one attached hydrogen (secondary N) is 1. The molecule has 4 heteroatoms. The van der Waals surface area contributed by atoms with E-state index in [2.05, 4.69) is 41.0 Å². The van der Waals surface area contributed by atoms with E-state index in [1.54, 1.807) is 11.3 Å². The van der Waals surface area contributed by atoms with Crippen molar-refractivity contribution in [1.29, 1.82) is 0 Å². The van der Waals surface area contributed by atoms with Crippen LogP contribution < -0.4 is 5.32 Å². The Bertz CT molecular complexity index is 763. The highest BCUT2D eigenvalue weighted by Gasteiger charge is 2.30. The highest BCUT2D eigenvalue weighted by molar-refractivity contribution is 7.16. The van der Waals surface area contributed by atoms with Gasteiger partial charge in [0, 0.05) is 13.0 Å². The van der Waals surface area contributed by atoms with Gasteiger partial charge in [-0.2, -0.15) is 0 Å².